The summed E-state index contributed by atoms with van der Waals surface area (Å²) in [5, 5.41) is 4.52. The van der Waals surface area contributed by atoms with Crippen molar-refractivity contribution in [3.8, 4) is 11.4 Å². The monoisotopic (exact) mass is 385 g/mol. The predicted molar refractivity (Wildman–Crippen MR) is 106 cm³/mol. The molecule has 2 aromatic rings. The van der Waals surface area contributed by atoms with E-state index in [0.717, 1.165) is 31.9 Å². The topological polar surface area (TPSA) is 56.2 Å². The second-order valence-corrected chi connectivity index (χ2v) is 7.83. The maximum atomic E-state index is 13.1. The standard InChI is InChI=1S/C21H29N5O2/c1-28-19-17-26(18-7-3-2-4-8-18)22-20(19)21(27)25-15-13-24(14-16-25)12-11-23-9-5-6-10-23/h2-4,7-8,17H,5-6,9-16H2,1H3/p+2. The Balaban J connectivity index is 1.36. The molecular formula is C21H31N5O2+2. The van der Waals surface area contributed by atoms with Crippen LogP contribution in [0.5, 0.6) is 5.75 Å². The Morgan fingerprint density at radius 3 is 2.32 bits per heavy atom. The van der Waals surface area contributed by atoms with Crippen molar-refractivity contribution >= 4 is 5.91 Å². The zero-order valence-corrected chi connectivity index (χ0v) is 16.7. The molecule has 28 heavy (non-hydrogen) atoms. The summed E-state index contributed by atoms with van der Waals surface area (Å²) in [5.74, 6) is 0.497. The fourth-order valence-corrected chi connectivity index (χ4v) is 4.27. The first kappa shape index (κ1) is 19.0. The summed E-state index contributed by atoms with van der Waals surface area (Å²) in [6, 6.07) is 9.80. The van der Waals surface area contributed by atoms with Crippen molar-refractivity contribution in [2.24, 2.45) is 0 Å². The molecule has 2 saturated heterocycles. The fourth-order valence-electron chi connectivity index (χ4n) is 4.27. The molecule has 4 rings (SSSR count). The molecule has 0 bridgehead atoms. The van der Waals surface area contributed by atoms with E-state index in [9.17, 15) is 4.79 Å². The number of hydrogen-bond acceptors (Lipinski definition) is 3. The first-order valence-electron chi connectivity index (χ1n) is 10.4. The molecule has 0 radical (unpaired) electrons. The lowest BCUT2D eigenvalue weighted by atomic mass is 10.2. The van der Waals surface area contributed by atoms with Crippen molar-refractivity contribution < 1.29 is 19.3 Å². The summed E-state index contributed by atoms with van der Waals surface area (Å²) >= 11 is 0. The number of aromatic nitrogens is 2. The number of nitrogens with zero attached hydrogens (tertiary/aromatic N) is 3. The van der Waals surface area contributed by atoms with Gasteiger partial charge in [0.25, 0.3) is 5.91 Å². The molecule has 2 aliphatic heterocycles. The van der Waals surface area contributed by atoms with Gasteiger partial charge in [0.1, 0.15) is 13.1 Å². The van der Waals surface area contributed by atoms with Crippen LogP contribution >= 0.6 is 0 Å². The van der Waals surface area contributed by atoms with Gasteiger partial charge < -0.3 is 19.4 Å². The summed E-state index contributed by atoms with van der Waals surface area (Å²) < 4.78 is 7.15. The average Bonchev–Trinajstić information content (AvgIpc) is 3.42. The zero-order chi connectivity index (χ0) is 19.3. The van der Waals surface area contributed by atoms with Crippen LogP contribution in [-0.2, 0) is 0 Å². The van der Waals surface area contributed by atoms with Crippen LogP contribution < -0.4 is 14.5 Å². The van der Waals surface area contributed by atoms with E-state index in [1.807, 2.05) is 35.2 Å². The van der Waals surface area contributed by atoms with Crippen molar-refractivity contribution in [3.63, 3.8) is 0 Å². The summed E-state index contributed by atoms with van der Waals surface area (Å²) in [6.07, 6.45) is 4.54. The Morgan fingerprint density at radius 2 is 1.68 bits per heavy atom. The van der Waals surface area contributed by atoms with Crippen LogP contribution in [0.25, 0.3) is 5.69 Å². The lowest BCUT2D eigenvalue weighted by molar-refractivity contribution is -0.954. The third-order valence-electron chi connectivity index (χ3n) is 6.02. The number of benzene rings is 1. The highest BCUT2D eigenvalue weighted by Crippen LogP contribution is 2.21. The van der Waals surface area contributed by atoms with E-state index >= 15 is 0 Å². The zero-order valence-electron chi connectivity index (χ0n) is 16.7. The van der Waals surface area contributed by atoms with Gasteiger partial charge in [0.15, 0.2) is 11.4 Å². The minimum absolute atomic E-state index is 0.0317. The molecule has 1 amide bonds. The molecule has 0 saturated carbocycles. The predicted octanol–water partition coefficient (Wildman–Crippen LogP) is -1.10. The molecule has 0 unspecified atom stereocenters. The highest BCUT2D eigenvalue weighted by molar-refractivity contribution is 5.95. The molecule has 0 aliphatic carbocycles. The van der Waals surface area contributed by atoms with Crippen molar-refractivity contribution in [1.82, 2.24) is 14.7 Å². The van der Waals surface area contributed by atoms with Gasteiger partial charge in [0, 0.05) is 12.8 Å². The van der Waals surface area contributed by atoms with Gasteiger partial charge in [-0.05, 0) is 12.1 Å². The highest BCUT2D eigenvalue weighted by atomic mass is 16.5. The molecule has 0 spiro atoms. The summed E-state index contributed by atoms with van der Waals surface area (Å²) in [7, 11) is 1.59. The summed E-state index contributed by atoms with van der Waals surface area (Å²) in [5.41, 5.74) is 1.31. The molecule has 2 aliphatic rings. The number of ether oxygens (including phenoxy) is 1. The third-order valence-corrected chi connectivity index (χ3v) is 6.02. The molecule has 2 N–H and O–H groups in total. The minimum Gasteiger partial charge on any atom is -0.493 e. The van der Waals surface area contributed by atoms with E-state index in [-0.39, 0.29) is 5.91 Å². The number of rotatable bonds is 6. The lowest BCUT2D eigenvalue weighted by Crippen LogP contribution is -3.21. The van der Waals surface area contributed by atoms with Crippen LogP contribution in [0.3, 0.4) is 0 Å². The number of amides is 1. The number of nitrogens with one attached hydrogen (secondary N) is 2. The molecule has 7 nitrogen and oxygen atoms in total. The first-order chi connectivity index (χ1) is 13.7. The third kappa shape index (κ3) is 4.20. The van der Waals surface area contributed by atoms with Crippen LogP contribution in [0.15, 0.2) is 36.5 Å². The van der Waals surface area contributed by atoms with Gasteiger partial charge in [-0.15, -0.1) is 0 Å². The molecule has 1 aromatic heterocycles. The van der Waals surface area contributed by atoms with Gasteiger partial charge in [-0.1, -0.05) is 18.2 Å². The Labute approximate surface area is 166 Å². The van der Waals surface area contributed by atoms with Gasteiger partial charge in [-0.25, -0.2) is 4.68 Å². The minimum atomic E-state index is -0.0317. The Kier molecular flexibility index (Phi) is 5.92. The second kappa shape index (κ2) is 8.75. The maximum absolute atomic E-state index is 13.1. The van der Waals surface area contributed by atoms with Crippen molar-refractivity contribution in [1.29, 1.82) is 0 Å². The van der Waals surface area contributed by atoms with E-state index in [4.69, 9.17) is 4.74 Å². The van der Waals surface area contributed by atoms with Crippen LogP contribution in [-0.4, -0.2) is 80.1 Å². The van der Waals surface area contributed by atoms with E-state index in [2.05, 4.69) is 5.10 Å². The largest absolute Gasteiger partial charge is 0.493 e. The fraction of sp³-hybridized carbons (Fsp3) is 0.524. The van der Waals surface area contributed by atoms with Crippen LogP contribution in [0.1, 0.15) is 23.3 Å². The molecule has 0 atom stereocenters. The van der Waals surface area contributed by atoms with Crippen LogP contribution in [0, 0.1) is 0 Å². The van der Waals surface area contributed by atoms with E-state index in [1.165, 1.54) is 39.0 Å². The lowest BCUT2D eigenvalue weighted by Gasteiger charge is -2.32. The van der Waals surface area contributed by atoms with Crippen LogP contribution in [0.2, 0.25) is 0 Å². The van der Waals surface area contributed by atoms with Gasteiger partial charge in [0.2, 0.25) is 0 Å². The van der Waals surface area contributed by atoms with Gasteiger partial charge in [-0.3, -0.25) is 4.79 Å². The van der Waals surface area contributed by atoms with Gasteiger partial charge in [-0.2, -0.15) is 5.10 Å². The van der Waals surface area contributed by atoms with Gasteiger partial charge in [0.05, 0.1) is 58.3 Å². The Morgan fingerprint density at radius 1 is 1.04 bits per heavy atom. The summed E-state index contributed by atoms with van der Waals surface area (Å²) in [6.45, 7) is 8.74. The van der Waals surface area contributed by atoms with Crippen molar-refractivity contribution in [3.05, 3.63) is 42.2 Å². The number of carbonyl (C=O) groups excluding carboxylic acids is 1. The smallest absolute Gasteiger partial charge is 0.278 e. The number of hydrogen-bond donors (Lipinski definition) is 2. The number of likely N-dealkylation sites (tertiary alicyclic amines) is 1. The van der Waals surface area contributed by atoms with E-state index in [1.54, 1.807) is 27.8 Å². The number of quaternary nitrogens is 2. The first-order valence-corrected chi connectivity index (χ1v) is 10.4. The number of methoxy groups -OCH3 is 1. The SMILES string of the molecule is COc1cn(-c2ccccc2)nc1C(=O)N1CC[NH+](CC[NH+]2CCCC2)CC1. The highest BCUT2D eigenvalue weighted by Gasteiger charge is 2.29. The van der Waals surface area contributed by atoms with Crippen molar-refractivity contribution in [2.75, 3.05) is 59.5 Å². The summed E-state index contributed by atoms with van der Waals surface area (Å²) in [4.78, 5) is 18.3. The Bertz CT molecular complexity index is 777. The quantitative estimate of drug-likeness (QED) is 0.664. The average molecular weight is 386 g/mol. The molecule has 1 aromatic carbocycles. The second-order valence-electron chi connectivity index (χ2n) is 7.83. The van der Waals surface area contributed by atoms with Gasteiger partial charge >= 0.3 is 0 Å². The molecular weight excluding hydrogens is 354 g/mol. The normalized spacial score (nSPS) is 18.5. The molecule has 7 heteroatoms. The molecule has 150 valence electrons. The molecule has 3 heterocycles. The Hall–Kier alpha value is -2.38. The maximum Gasteiger partial charge on any atom is 0.278 e. The number of carbonyl (C=O) groups is 1. The van der Waals surface area contributed by atoms with Crippen molar-refractivity contribution in [2.45, 2.75) is 12.8 Å². The van der Waals surface area contributed by atoms with Crippen LogP contribution in [0.4, 0.5) is 0 Å². The van der Waals surface area contributed by atoms with E-state index < -0.39 is 0 Å². The number of piperazine rings is 1. The van der Waals surface area contributed by atoms with E-state index in [0.29, 0.717) is 11.4 Å². The molecule has 2 fully saturated rings. The number of para-hydroxylation sites is 1.